The lowest BCUT2D eigenvalue weighted by atomic mass is 9.84. The van der Waals surface area contributed by atoms with Crippen LogP contribution in [0.5, 0.6) is 0 Å². The van der Waals surface area contributed by atoms with Gasteiger partial charge in [-0.25, -0.2) is 4.39 Å². The first-order valence-electron chi connectivity index (χ1n) is 5.16. The van der Waals surface area contributed by atoms with Gasteiger partial charge in [0.05, 0.1) is 0 Å². The standard InChI is InChI=1S/C14H7FO2/c15-8-5-6-11-12(7-8)14(17)10-4-2-1-3-9(10)13(11)16/h1-7H. The maximum Gasteiger partial charge on any atom is 0.194 e. The second kappa shape index (κ2) is 3.35. The first kappa shape index (κ1) is 9.90. The zero-order valence-corrected chi connectivity index (χ0v) is 8.74. The van der Waals surface area contributed by atoms with E-state index in [4.69, 9.17) is 0 Å². The normalized spacial score (nSPS) is 13.2. The number of halogens is 1. The zero-order chi connectivity index (χ0) is 12.0. The van der Waals surface area contributed by atoms with Gasteiger partial charge >= 0.3 is 0 Å². The lowest BCUT2D eigenvalue weighted by Crippen LogP contribution is -2.20. The van der Waals surface area contributed by atoms with Crippen LogP contribution in [0.2, 0.25) is 0 Å². The third-order valence-corrected chi connectivity index (χ3v) is 2.89. The van der Waals surface area contributed by atoms with Gasteiger partial charge in [-0.15, -0.1) is 0 Å². The summed E-state index contributed by atoms with van der Waals surface area (Å²) in [5.41, 5.74) is 1.15. The maximum absolute atomic E-state index is 13.1. The van der Waals surface area contributed by atoms with Crippen molar-refractivity contribution < 1.29 is 14.0 Å². The molecular formula is C14H7FO2. The summed E-state index contributed by atoms with van der Waals surface area (Å²) in [6.45, 7) is 0. The Kier molecular flexibility index (Phi) is 1.95. The monoisotopic (exact) mass is 226 g/mol. The van der Waals surface area contributed by atoms with Crippen LogP contribution in [0.25, 0.3) is 0 Å². The molecule has 2 nitrogen and oxygen atoms in total. The summed E-state index contributed by atoms with van der Waals surface area (Å²) in [6.07, 6.45) is 0. The number of fused-ring (bicyclic) bond motifs is 2. The van der Waals surface area contributed by atoms with Crippen LogP contribution in [0.15, 0.2) is 42.5 Å². The fourth-order valence-electron chi connectivity index (χ4n) is 2.07. The van der Waals surface area contributed by atoms with E-state index in [1.54, 1.807) is 24.3 Å². The molecule has 2 aromatic rings. The Morgan fingerprint density at radius 1 is 0.706 bits per heavy atom. The molecule has 0 radical (unpaired) electrons. The van der Waals surface area contributed by atoms with Crippen LogP contribution in [0.4, 0.5) is 4.39 Å². The van der Waals surface area contributed by atoms with Gasteiger partial charge in [0.1, 0.15) is 5.82 Å². The first-order valence-corrected chi connectivity index (χ1v) is 5.16. The summed E-state index contributed by atoms with van der Waals surface area (Å²) in [5.74, 6) is -1.03. The van der Waals surface area contributed by atoms with Gasteiger partial charge in [-0.3, -0.25) is 9.59 Å². The predicted molar refractivity (Wildman–Crippen MR) is 59.7 cm³/mol. The Morgan fingerprint density at radius 2 is 1.24 bits per heavy atom. The average Bonchev–Trinajstić information content (AvgIpc) is 2.36. The molecule has 0 saturated heterocycles. The summed E-state index contributed by atoms with van der Waals surface area (Å²) < 4.78 is 13.1. The van der Waals surface area contributed by atoms with E-state index in [2.05, 4.69) is 0 Å². The fraction of sp³-hybridized carbons (Fsp3) is 0. The lowest BCUT2D eigenvalue weighted by molar-refractivity contribution is 0.0979. The van der Waals surface area contributed by atoms with Crippen molar-refractivity contribution >= 4 is 11.6 Å². The van der Waals surface area contributed by atoms with Gasteiger partial charge in [0, 0.05) is 22.3 Å². The molecule has 1 aliphatic rings. The van der Waals surface area contributed by atoms with E-state index in [9.17, 15) is 14.0 Å². The Labute approximate surface area is 96.7 Å². The molecule has 1 aliphatic carbocycles. The third-order valence-electron chi connectivity index (χ3n) is 2.89. The van der Waals surface area contributed by atoms with Gasteiger partial charge in [-0.05, 0) is 18.2 Å². The van der Waals surface area contributed by atoms with Gasteiger partial charge in [0.15, 0.2) is 11.6 Å². The van der Waals surface area contributed by atoms with Crippen LogP contribution in [-0.2, 0) is 0 Å². The summed E-state index contributed by atoms with van der Waals surface area (Å²) in [4.78, 5) is 24.2. The smallest absolute Gasteiger partial charge is 0.194 e. The molecule has 0 fully saturated rings. The molecule has 0 aromatic heterocycles. The van der Waals surface area contributed by atoms with Crippen molar-refractivity contribution in [2.24, 2.45) is 0 Å². The van der Waals surface area contributed by atoms with Crippen LogP contribution in [0.3, 0.4) is 0 Å². The van der Waals surface area contributed by atoms with Crippen LogP contribution >= 0.6 is 0 Å². The second-order valence-corrected chi connectivity index (χ2v) is 3.89. The van der Waals surface area contributed by atoms with Gasteiger partial charge < -0.3 is 0 Å². The van der Waals surface area contributed by atoms with Crippen molar-refractivity contribution in [2.45, 2.75) is 0 Å². The van der Waals surface area contributed by atoms with E-state index in [1.165, 1.54) is 12.1 Å². The largest absolute Gasteiger partial charge is 0.289 e. The van der Waals surface area contributed by atoms with Crippen molar-refractivity contribution in [1.82, 2.24) is 0 Å². The van der Waals surface area contributed by atoms with Crippen molar-refractivity contribution in [1.29, 1.82) is 0 Å². The van der Waals surface area contributed by atoms with Crippen molar-refractivity contribution in [3.8, 4) is 0 Å². The number of hydrogen-bond donors (Lipinski definition) is 0. The van der Waals surface area contributed by atoms with E-state index >= 15 is 0 Å². The number of hydrogen-bond acceptors (Lipinski definition) is 2. The number of rotatable bonds is 0. The molecule has 0 aliphatic heterocycles. The number of carbonyl (C=O) groups excluding carboxylic acids is 2. The van der Waals surface area contributed by atoms with E-state index < -0.39 is 5.82 Å². The Bertz CT molecular complexity index is 659. The molecule has 2 aromatic carbocycles. The lowest BCUT2D eigenvalue weighted by Gasteiger charge is -2.16. The minimum Gasteiger partial charge on any atom is -0.289 e. The molecule has 17 heavy (non-hydrogen) atoms. The van der Waals surface area contributed by atoms with E-state index in [-0.39, 0.29) is 22.7 Å². The highest BCUT2D eigenvalue weighted by Crippen LogP contribution is 2.27. The highest BCUT2D eigenvalue weighted by Gasteiger charge is 2.29. The molecule has 0 saturated carbocycles. The fourth-order valence-corrected chi connectivity index (χ4v) is 2.07. The third kappa shape index (κ3) is 1.32. The van der Waals surface area contributed by atoms with Crippen molar-refractivity contribution in [3.05, 3.63) is 70.5 Å². The minimum absolute atomic E-state index is 0.147. The quantitative estimate of drug-likeness (QED) is 0.590. The van der Waals surface area contributed by atoms with Gasteiger partial charge in [-0.1, -0.05) is 24.3 Å². The van der Waals surface area contributed by atoms with Gasteiger partial charge in [0.25, 0.3) is 0 Å². The number of benzene rings is 2. The zero-order valence-electron chi connectivity index (χ0n) is 8.74. The summed E-state index contributed by atoms with van der Waals surface area (Å²) in [5, 5.41) is 0. The van der Waals surface area contributed by atoms with E-state index in [0.29, 0.717) is 11.1 Å². The Balaban J connectivity index is 2.33. The molecule has 3 rings (SSSR count). The molecular weight excluding hydrogens is 219 g/mol. The van der Waals surface area contributed by atoms with Crippen molar-refractivity contribution in [2.75, 3.05) is 0 Å². The topological polar surface area (TPSA) is 34.1 Å². The van der Waals surface area contributed by atoms with E-state index in [1.807, 2.05) is 0 Å². The molecule has 0 N–H and O–H groups in total. The highest BCUT2D eigenvalue weighted by molar-refractivity contribution is 6.28. The average molecular weight is 226 g/mol. The first-order chi connectivity index (χ1) is 8.18. The van der Waals surface area contributed by atoms with Crippen LogP contribution in [0.1, 0.15) is 31.8 Å². The molecule has 0 heterocycles. The van der Waals surface area contributed by atoms with Gasteiger partial charge in [0.2, 0.25) is 0 Å². The molecule has 0 atom stereocenters. The predicted octanol–water partition coefficient (Wildman–Crippen LogP) is 2.60. The maximum atomic E-state index is 13.1. The van der Waals surface area contributed by atoms with Gasteiger partial charge in [-0.2, -0.15) is 0 Å². The summed E-state index contributed by atoms with van der Waals surface area (Å²) in [6, 6.07) is 10.3. The Hall–Kier alpha value is -2.29. The Morgan fingerprint density at radius 3 is 1.88 bits per heavy atom. The summed E-state index contributed by atoms with van der Waals surface area (Å²) >= 11 is 0. The van der Waals surface area contributed by atoms with E-state index in [0.717, 1.165) is 6.07 Å². The minimum atomic E-state index is -0.510. The molecule has 0 bridgehead atoms. The number of carbonyl (C=O) groups is 2. The van der Waals surface area contributed by atoms with Crippen LogP contribution in [0, 0.1) is 5.82 Å². The molecule has 0 amide bonds. The van der Waals surface area contributed by atoms with Crippen LogP contribution in [-0.4, -0.2) is 11.6 Å². The second-order valence-electron chi connectivity index (χ2n) is 3.89. The van der Waals surface area contributed by atoms with Crippen molar-refractivity contribution in [3.63, 3.8) is 0 Å². The molecule has 0 spiro atoms. The van der Waals surface area contributed by atoms with Crippen LogP contribution < -0.4 is 0 Å². The SMILES string of the molecule is O=C1c2ccccc2C(=O)c2cc(F)ccc21. The highest BCUT2D eigenvalue weighted by atomic mass is 19.1. The molecule has 3 heteroatoms. The molecule has 82 valence electrons. The summed E-state index contributed by atoms with van der Waals surface area (Å²) in [7, 11) is 0. The molecule has 0 unspecified atom stereocenters. The number of ketones is 2.